The molecule has 0 unspecified atom stereocenters. The van der Waals surface area contributed by atoms with Crippen molar-refractivity contribution in [3.8, 4) is 5.75 Å². The van der Waals surface area contributed by atoms with Gasteiger partial charge in [-0.25, -0.2) is 8.42 Å². The first kappa shape index (κ1) is 24.3. The van der Waals surface area contributed by atoms with Gasteiger partial charge >= 0.3 is 0 Å². The standard InChI is InChI=1S/C25H26IN3O4S/c1-33-24-10-6-5-9-23(24)27-15-17-28(18-16-27)25(30)19-29(21-13-11-20(26)12-14-21)34(31,32)22-7-3-2-4-8-22/h2-14H,15-19H2,1H3. The fourth-order valence-corrected chi connectivity index (χ4v) is 5.75. The number of ether oxygens (including phenoxy) is 1. The lowest BCUT2D eigenvalue weighted by Gasteiger charge is -2.37. The number of carbonyl (C=O) groups excluding carboxylic acids is 1. The fraction of sp³-hybridized carbons (Fsp3) is 0.240. The van der Waals surface area contributed by atoms with E-state index in [0.29, 0.717) is 31.9 Å². The van der Waals surface area contributed by atoms with Crippen LogP contribution in [0.25, 0.3) is 0 Å². The van der Waals surface area contributed by atoms with Crippen LogP contribution >= 0.6 is 22.6 Å². The molecule has 0 aliphatic carbocycles. The van der Waals surface area contributed by atoms with E-state index in [1.54, 1.807) is 54.5 Å². The number of amides is 1. The largest absolute Gasteiger partial charge is 0.495 e. The summed E-state index contributed by atoms with van der Waals surface area (Å²) < 4.78 is 34.6. The van der Waals surface area contributed by atoms with E-state index in [9.17, 15) is 13.2 Å². The SMILES string of the molecule is COc1ccccc1N1CCN(C(=O)CN(c2ccc(I)cc2)S(=O)(=O)c2ccccc2)CC1. The lowest BCUT2D eigenvalue weighted by molar-refractivity contribution is -0.129. The maximum atomic E-state index is 13.5. The van der Waals surface area contributed by atoms with Crippen LogP contribution in [0.15, 0.2) is 83.8 Å². The van der Waals surface area contributed by atoms with Gasteiger partial charge in [0.05, 0.1) is 23.4 Å². The fourth-order valence-electron chi connectivity index (χ4n) is 3.95. The summed E-state index contributed by atoms with van der Waals surface area (Å²) in [6.45, 7) is 2.03. The lowest BCUT2D eigenvalue weighted by atomic mass is 10.2. The molecule has 3 aromatic carbocycles. The summed E-state index contributed by atoms with van der Waals surface area (Å²) >= 11 is 2.17. The van der Waals surface area contributed by atoms with Gasteiger partial charge in [0.1, 0.15) is 12.3 Å². The highest BCUT2D eigenvalue weighted by Crippen LogP contribution is 2.29. The second-order valence-corrected chi connectivity index (χ2v) is 10.9. The van der Waals surface area contributed by atoms with Gasteiger partial charge in [0.2, 0.25) is 5.91 Å². The van der Waals surface area contributed by atoms with Gasteiger partial charge in [0.15, 0.2) is 0 Å². The minimum Gasteiger partial charge on any atom is -0.495 e. The Labute approximate surface area is 214 Å². The van der Waals surface area contributed by atoms with Crippen molar-refractivity contribution in [2.24, 2.45) is 0 Å². The smallest absolute Gasteiger partial charge is 0.264 e. The number of hydrogen-bond acceptors (Lipinski definition) is 5. The van der Waals surface area contributed by atoms with Crippen LogP contribution in [0, 0.1) is 3.57 Å². The van der Waals surface area contributed by atoms with E-state index in [4.69, 9.17) is 4.74 Å². The molecule has 0 saturated carbocycles. The molecule has 1 heterocycles. The highest BCUT2D eigenvalue weighted by Gasteiger charge is 2.30. The van der Waals surface area contributed by atoms with E-state index >= 15 is 0 Å². The molecule has 178 valence electrons. The van der Waals surface area contributed by atoms with Crippen LogP contribution in [-0.4, -0.2) is 59.1 Å². The second kappa shape index (κ2) is 10.6. The summed E-state index contributed by atoms with van der Waals surface area (Å²) in [5.41, 5.74) is 1.45. The summed E-state index contributed by atoms with van der Waals surface area (Å²) in [6.07, 6.45) is 0. The van der Waals surface area contributed by atoms with E-state index < -0.39 is 10.0 Å². The molecule has 0 atom stereocenters. The van der Waals surface area contributed by atoms with Crippen molar-refractivity contribution in [3.63, 3.8) is 0 Å². The molecule has 34 heavy (non-hydrogen) atoms. The van der Waals surface area contributed by atoms with Gasteiger partial charge in [0.25, 0.3) is 10.0 Å². The molecule has 4 rings (SSSR count). The molecular weight excluding hydrogens is 565 g/mol. The number of sulfonamides is 1. The summed E-state index contributed by atoms with van der Waals surface area (Å²) in [5, 5.41) is 0. The molecule has 0 bridgehead atoms. The zero-order valence-electron chi connectivity index (χ0n) is 18.8. The Morgan fingerprint density at radius 1 is 0.912 bits per heavy atom. The third-order valence-corrected chi connectivity index (χ3v) is 8.29. The topological polar surface area (TPSA) is 70.2 Å². The van der Waals surface area contributed by atoms with Gasteiger partial charge in [-0.2, -0.15) is 0 Å². The average molecular weight is 591 g/mol. The molecule has 1 amide bonds. The van der Waals surface area contributed by atoms with Crippen LogP contribution in [0.3, 0.4) is 0 Å². The van der Waals surface area contributed by atoms with E-state index in [1.807, 2.05) is 36.4 Å². The zero-order chi connectivity index (χ0) is 24.1. The minimum atomic E-state index is -3.91. The number of methoxy groups -OCH3 is 1. The highest BCUT2D eigenvalue weighted by molar-refractivity contribution is 14.1. The van der Waals surface area contributed by atoms with Crippen molar-refractivity contribution >= 4 is 49.9 Å². The molecule has 1 fully saturated rings. The maximum Gasteiger partial charge on any atom is 0.264 e. The Hall–Kier alpha value is -2.79. The Bertz CT molecular complexity index is 1230. The van der Waals surface area contributed by atoms with Crippen molar-refractivity contribution in [1.82, 2.24) is 4.90 Å². The van der Waals surface area contributed by atoms with Crippen molar-refractivity contribution in [2.45, 2.75) is 4.90 Å². The number of piperazine rings is 1. The van der Waals surface area contributed by atoms with E-state index in [0.717, 1.165) is 15.0 Å². The second-order valence-electron chi connectivity index (χ2n) is 7.84. The van der Waals surface area contributed by atoms with Crippen LogP contribution in [0.1, 0.15) is 0 Å². The summed E-state index contributed by atoms with van der Waals surface area (Å²) in [4.78, 5) is 17.3. The zero-order valence-corrected chi connectivity index (χ0v) is 21.8. The van der Waals surface area contributed by atoms with E-state index in [-0.39, 0.29) is 17.3 Å². The van der Waals surface area contributed by atoms with Crippen LogP contribution in [0.2, 0.25) is 0 Å². The Morgan fingerprint density at radius 3 is 2.18 bits per heavy atom. The minimum absolute atomic E-state index is 0.155. The van der Waals surface area contributed by atoms with Crippen molar-refractivity contribution in [2.75, 3.05) is 49.0 Å². The number of anilines is 2. The van der Waals surface area contributed by atoms with E-state index in [1.165, 1.54) is 4.31 Å². The number of nitrogens with zero attached hydrogens (tertiary/aromatic N) is 3. The van der Waals surface area contributed by atoms with Crippen LogP contribution < -0.4 is 13.9 Å². The molecule has 0 aromatic heterocycles. The number of halogens is 1. The van der Waals surface area contributed by atoms with E-state index in [2.05, 4.69) is 27.5 Å². The maximum absolute atomic E-state index is 13.5. The molecule has 1 saturated heterocycles. The van der Waals surface area contributed by atoms with Crippen molar-refractivity contribution in [1.29, 1.82) is 0 Å². The van der Waals surface area contributed by atoms with Gasteiger partial charge in [-0.1, -0.05) is 30.3 Å². The molecular formula is C25H26IN3O4S. The monoisotopic (exact) mass is 591 g/mol. The predicted molar refractivity (Wildman–Crippen MR) is 142 cm³/mol. The number of para-hydroxylation sites is 2. The highest BCUT2D eigenvalue weighted by atomic mass is 127. The molecule has 9 heteroatoms. The summed E-state index contributed by atoms with van der Waals surface area (Å²) in [5.74, 6) is 0.568. The Morgan fingerprint density at radius 2 is 1.53 bits per heavy atom. The van der Waals surface area contributed by atoms with Crippen molar-refractivity contribution in [3.05, 3.63) is 82.4 Å². The lowest BCUT2D eigenvalue weighted by Crippen LogP contribution is -2.52. The van der Waals surface area contributed by atoms with Gasteiger partial charge in [-0.15, -0.1) is 0 Å². The number of carbonyl (C=O) groups is 1. The molecule has 0 radical (unpaired) electrons. The average Bonchev–Trinajstić information content (AvgIpc) is 2.88. The first-order chi connectivity index (χ1) is 16.4. The van der Waals surface area contributed by atoms with Crippen molar-refractivity contribution < 1.29 is 17.9 Å². The molecule has 0 N–H and O–H groups in total. The van der Waals surface area contributed by atoms with Crippen LogP contribution in [-0.2, 0) is 14.8 Å². The Kier molecular flexibility index (Phi) is 7.62. The molecule has 0 spiro atoms. The Balaban J connectivity index is 1.52. The van der Waals surface area contributed by atoms with Gasteiger partial charge in [-0.05, 0) is 71.1 Å². The molecule has 3 aromatic rings. The van der Waals surface area contributed by atoms with Gasteiger partial charge in [0, 0.05) is 29.7 Å². The molecule has 7 nitrogen and oxygen atoms in total. The van der Waals surface area contributed by atoms with Crippen LogP contribution in [0.4, 0.5) is 11.4 Å². The third-order valence-electron chi connectivity index (χ3n) is 5.78. The predicted octanol–water partition coefficient (Wildman–Crippen LogP) is 3.84. The van der Waals surface area contributed by atoms with Gasteiger partial charge in [-0.3, -0.25) is 9.10 Å². The summed E-state index contributed by atoms with van der Waals surface area (Å²) in [7, 11) is -2.26. The number of benzene rings is 3. The quantitative estimate of drug-likeness (QED) is 0.391. The molecule has 1 aliphatic heterocycles. The number of hydrogen-bond donors (Lipinski definition) is 0. The summed E-state index contributed by atoms with van der Waals surface area (Å²) in [6, 6.07) is 23.1. The normalized spacial score (nSPS) is 14.1. The van der Waals surface area contributed by atoms with Crippen LogP contribution in [0.5, 0.6) is 5.75 Å². The first-order valence-corrected chi connectivity index (χ1v) is 13.4. The van der Waals surface area contributed by atoms with Gasteiger partial charge < -0.3 is 14.5 Å². The number of rotatable bonds is 7. The third kappa shape index (κ3) is 5.30. The first-order valence-electron chi connectivity index (χ1n) is 10.9. The molecule has 1 aliphatic rings.